The van der Waals surface area contributed by atoms with Gasteiger partial charge in [-0.3, -0.25) is 4.90 Å². The Bertz CT molecular complexity index is 478. The Hall–Kier alpha value is -1.66. The molecule has 3 nitrogen and oxygen atoms in total. The van der Waals surface area contributed by atoms with Crippen molar-refractivity contribution in [1.29, 1.82) is 0 Å². The van der Waals surface area contributed by atoms with Crippen LogP contribution >= 0.6 is 0 Å². The molecule has 0 aromatic heterocycles. The molecule has 2 aliphatic rings. The summed E-state index contributed by atoms with van der Waals surface area (Å²) in [4.78, 5) is 2.34. The van der Waals surface area contributed by atoms with Gasteiger partial charge in [0.15, 0.2) is 11.5 Å². The fraction of sp³-hybridized carbons (Fsp3) is 0.467. The smallest absolute Gasteiger partial charge is 0.166 e. The zero-order valence-corrected chi connectivity index (χ0v) is 10.4. The van der Waals surface area contributed by atoms with E-state index in [1.54, 1.807) is 0 Å². The predicted molar refractivity (Wildman–Crippen MR) is 69.8 cm³/mol. The monoisotopic (exact) mass is 243 g/mol. The molecule has 0 spiro atoms. The lowest BCUT2D eigenvalue weighted by Crippen LogP contribution is -2.25. The molecule has 2 aliphatic heterocycles. The SMILES string of the molecule is C#CCN1CCC[C@H]1c1cccc2c1OCCO2. The number of benzene rings is 1. The van der Waals surface area contributed by atoms with Crippen LogP contribution in [0.3, 0.4) is 0 Å². The molecule has 94 valence electrons. The third-order valence-electron chi connectivity index (χ3n) is 3.61. The van der Waals surface area contributed by atoms with E-state index in [0.717, 1.165) is 24.5 Å². The summed E-state index contributed by atoms with van der Waals surface area (Å²) in [5, 5.41) is 0. The van der Waals surface area contributed by atoms with Crippen LogP contribution in [0.25, 0.3) is 0 Å². The molecular formula is C15H17NO2. The Morgan fingerprint density at radius 2 is 2.22 bits per heavy atom. The van der Waals surface area contributed by atoms with E-state index in [1.807, 2.05) is 12.1 Å². The highest BCUT2D eigenvalue weighted by atomic mass is 16.6. The van der Waals surface area contributed by atoms with Gasteiger partial charge in [-0.25, -0.2) is 0 Å². The summed E-state index contributed by atoms with van der Waals surface area (Å²) >= 11 is 0. The molecule has 3 rings (SSSR count). The van der Waals surface area contributed by atoms with Gasteiger partial charge >= 0.3 is 0 Å². The zero-order valence-electron chi connectivity index (χ0n) is 10.4. The largest absolute Gasteiger partial charge is 0.486 e. The van der Waals surface area contributed by atoms with Crippen LogP contribution < -0.4 is 9.47 Å². The average molecular weight is 243 g/mol. The normalized spacial score (nSPS) is 22.7. The molecule has 1 fully saturated rings. The maximum Gasteiger partial charge on any atom is 0.166 e. The number of ether oxygens (including phenoxy) is 2. The number of hydrogen-bond donors (Lipinski definition) is 0. The lowest BCUT2D eigenvalue weighted by Gasteiger charge is -2.27. The van der Waals surface area contributed by atoms with Crippen molar-refractivity contribution in [2.45, 2.75) is 18.9 Å². The Morgan fingerprint density at radius 3 is 3.11 bits per heavy atom. The van der Waals surface area contributed by atoms with E-state index in [9.17, 15) is 0 Å². The molecule has 0 saturated carbocycles. The topological polar surface area (TPSA) is 21.7 Å². The van der Waals surface area contributed by atoms with Crippen molar-refractivity contribution < 1.29 is 9.47 Å². The second-order valence-corrected chi connectivity index (χ2v) is 4.70. The first-order valence-corrected chi connectivity index (χ1v) is 6.46. The second kappa shape index (κ2) is 4.91. The van der Waals surface area contributed by atoms with Crippen molar-refractivity contribution >= 4 is 0 Å². The van der Waals surface area contributed by atoms with Gasteiger partial charge in [0.1, 0.15) is 13.2 Å². The van der Waals surface area contributed by atoms with Gasteiger partial charge in [0, 0.05) is 11.6 Å². The van der Waals surface area contributed by atoms with Crippen molar-refractivity contribution in [2.24, 2.45) is 0 Å². The molecule has 0 radical (unpaired) electrons. The first-order chi connectivity index (χ1) is 8.90. The van der Waals surface area contributed by atoms with Crippen molar-refractivity contribution in [3.63, 3.8) is 0 Å². The summed E-state index contributed by atoms with van der Waals surface area (Å²) in [6.45, 7) is 3.04. The highest BCUT2D eigenvalue weighted by molar-refractivity contribution is 5.49. The molecule has 2 heterocycles. The summed E-state index contributed by atoms with van der Waals surface area (Å²) in [6, 6.07) is 6.51. The molecule has 0 aliphatic carbocycles. The number of para-hydroxylation sites is 1. The Labute approximate surface area is 108 Å². The van der Waals surface area contributed by atoms with Gasteiger partial charge in [0.05, 0.1) is 6.54 Å². The van der Waals surface area contributed by atoms with Crippen LogP contribution in [0, 0.1) is 12.3 Å². The lowest BCUT2D eigenvalue weighted by molar-refractivity contribution is 0.165. The molecule has 1 aromatic carbocycles. The quantitative estimate of drug-likeness (QED) is 0.743. The van der Waals surface area contributed by atoms with E-state index in [2.05, 4.69) is 16.9 Å². The maximum atomic E-state index is 5.79. The maximum absolute atomic E-state index is 5.79. The van der Waals surface area contributed by atoms with Gasteiger partial charge in [-0.2, -0.15) is 0 Å². The molecule has 0 N–H and O–H groups in total. The third-order valence-corrected chi connectivity index (χ3v) is 3.61. The van der Waals surface area contributed by atoms with E-state index in [0.29, 0.717) is 25.8 Å². The van der Waals surface area contributed by atoms with E-state index in [4.69, 9.17) is 15.9 Å². The summed E-state index contributed by atoms with van der Waals surface area (Å²) in [5.74, 6) is 4.52. The number of fused-ring (bicyclic) bond motifs is 1. The van der Waals surface area contributed by atoms with Crippen molar-refractivity contribution in [3.05, 3.63) is 23.8 Å². The Morgan fingerprint density at radius 1 is 1.33 bits per heavy atom. The van der Waals surface area contributed by atoms with Crippen molar-refractivity contribution in [2.75, 3.05) is 26.3 Å². The highest BCUT2D eigenvalue weighted by Crippen LogP contribution is 2.42. The minimum atomic E-state index is 0.373. The van der Waals surface area contributed by atoms with Gasteiger partial charge in [0.25, 0.3) is 0 Å². The summed E-state index contributed by atoms with van der Waals surface area (Å²) in [5.41, 5.74) is 1.22. The van der Waals surface area contributed by atoms with Crippen molar-refractivity contribution in [1.82, 2.24) is 4.90 Å². The van der Waals surface area contributed by atoms with Crippen molar-refractivity contribution in [3.8, 4) is 23.8 Å². The van der Waals surface area contributed by atoms with Crippen LogP contribution in [-0.4, -0.2) is 31.2 Å². The van der Waals surface area contributed by atoms with Crippen LogP contribution in [0.4, 0.5) is 0 Å². The summed E-state index contributed by atoms with van der Waals surface area (Å²) < 4.78 is 11.4. The van der Waals surface area contributed by atoms with Gasteiger partial charge in [-0.15, -0.1) is 6.42 Å². The van der Waals surface area contributed by atoms with Crippen LogP contribution in [-0.2, 0) is 0 Å². The Kier molecular flexibility index (Phi) is 3.12. The number of terminal acetylenes is 1. The highest BCUT2D eigenvalue weighted by Gasteiger charge is 2.29. The van der Waals surface area contributed by atoms with Gasteiger partial charge in [-0.05, 0) is 25.5 Å². The molecule has 1 aromatic rings. The van der Waals surface area contributed by atoms with Gasteiger partial charge < -0.3 is 9.47 Å². The van der Waals surface area contributed by atoms with Crippen LogP contribution in [0.15, 0.2) is 18.2 Å². The second-order valence-electron chi connectivity index (χ2n) is 4.70. The standard InChI is InChI=1S/C15H17NO2/c1-2-8-16-9-4-6-13(16)12-5-3-7-14-15(12)18-11-10-17-14/h1,3,5,7,13H,4,6,8-11H2/t13-/m0/s1. The van der Waals surface area contributed by atoms with Crippen LogP contribution in [0.2, 0.25) is 0 Å². The molecule has 3 heteroatoms. The van der Waals surface area contributed by atoms with Crippen LogP contribution in [0.1, 0.15) is 24.4 Å². The van der Waals surface area contributed by atoms with E-state index in [-0.39, 0.29) is 0 Å². The number of rotatable bonds is 2. The van der Waals surface area contributed by atoms with E-state index >= 15 is 0 Å². The molecule has 1 atom stereocenters. The fourth-order valence-corrected chi connectivity index (χ4v) is 2.84. The number of likely N-dealkylation sites (tertiary alicyclic amines) is 1. The van der Waals surface area contributed by atoms with Gasteiger partial charge in [-0.1, -0.05) is 18.1 Å². The first kappa shape index (κ1) is 11.4. The minimum absolute atomic E-state index is 0.373. The molecule has 1 saturated heterocycles. The van der Waals surface area contributed by atoms with Crippen LogP contribution in [0.5, 0.6) is 11.5 Å². The zero-order chi connectivity index (χ0) is 12.4. The third kappa shape index (κ3) is 1.93. The molecule has 18 heavy (non-hydrogen) atoms. The lowest BCUT2D eigenvalue weighted by atomic mass is 10.0. The average Bonchev–Trinajstić information content (AvgIpc) is 2.87. The first-order valence-electron chi connectivity index (χ1n) is 6.46. The fourth-order valence-electron chi connectivity index (χ4n) is 2.84. The van der Waals surface area contributed by atoms with Gasteiger partial charge in [0.2, 0.25) is 0 Å². The summed E-state index contributed by atoms with van der Waals surface area (Å²) in [7, 11) is 0. The molecular weight excluding hydrogens is 226 g/mol. The molecule has 0 unspecified atom stereocenters. The van der Waals surface area contributed by atoms with E-state index in [1.165, 1.54) is 12.0 Å². The summed E-state index contributed by atoms with van der Waals surface area (Å²) in [6.07, 6.45) is 7.77. The Balaban J connectivity index is 1.94. The minimum Gasteiger partial charge on any atom is -0.486 e. The molecule has 0 bridgehead atoms. The number of nitrogens with zero attached hydrogens (tertiary/aromatic N) is 1. The number of hydrogen-bond acceptors (Lipinski definition) is 3. The predicted octanol–water partition coefficient (Wildman–Crippen LogP) is 2.23. The van der Waals surface area contributed by atoms with E-state index < -0.39 is 0 Å². The molecule has 0 amide bonds.